The van der Waals surface area contributed by atoms with E-state index >= 15 is 0 Å². The molecule has 0 radical (unpaired) electrons. The predicted molar refractivity (Wildman–Crippen MR) is 85.7 cm³/mol. The van der Waals surface area contributed by atoms with E-state index in [1.165, 1.54) is 12.8 Å². The van der Waals surface area contributed by atoms with E-state index in [4.69, 9.17) is 5.73 Å². The molecule has 2 aliphatic rings. The maximum Gasteiger partial charge on any atom is 0.0857 e. The zero-order valence-corrected chi connectivity index (χ0v) is 13.7. The van der Waals surface area contributed by atoms with Gasteiger partial charge in [0.15, 0.2) is 0 Å². The average molecular weight is 319 g/mol. The maximum absolute atomic E-state index is 9.51. The molecule has 0 amide bonds. The molecule has 0 aromatic carbocycles. The quantitative estimate of drug-likeness (QED) is 0.594. The summed E-state index contributed by atoms with van der Waals surface area (Å²) < 4.78 is 28.5. The van der Waals surface area contributed by atoms with Gasteiger partial charge in [-0.2, -0.15) is 10.2 Å². The van der Waals surface area contributed by atoms with Gasteiger partial charge in [-0.25, -0.2) is 0 Å². The van der Waals surface area contributed by atoms with Crippen molar-refractivity contribution < 1.29 is 13.7 Å². The minimum Gasteiger partial charge on any atom is -0.327 e. The first kappa shape index (κ1) is 17.1. The summed E-state index contributed by atoms with van der Waals surface area (Å²) in [6, 6.07) is -0.165. The number of azo groups is 1. The van der Waals surface area contributed by atoms with Crippen LogP contribution in [0.25, 0.3) is 0 Å². The predicted octanol–water partition coefficient (Wildman–Crippen LogP) is 3.74. The molecule has 0 aromatic heterocycles. The second-order valence-corrected chi connectivity index (χ2v) is 8.65. The molecule has 2 rings (SSSR count). The molecular formula is C14H29N3O3S. The molecule has 0 heterocycles. The van der Waals surface area contributed by atoms with E-state index in [1.807, 2.05) is 0 Å². The molecule has 0 spiro atoms. The highest BCUT2D eigenvalue weighted by atomic mass is 32.3. The lowest BCUT2D eigenvalue weighted by Gasteiger charge is -2.41. The van der Waals surface area contributed by atoms with Crippen molar-refractivity contribution in [3.8, 4) is 0 Å². The van der Waals surface area contributed by atoms with Crippen LogP contribution in [0.15, 0.2) is 10.2 Å². The summed E-state index contributed by atoms with van der Waals surface area (Å²) in [4.78, 5) is 0. The van der Waals surface area contributed by atoms with Crippen molar-refractivity contribution in [2.75, 3.05) is 0 Å². The summed E-state index contributed by atoms with van der Waals surface area (Å²) >= 11 is 0. The number of nitrogens with zero attached hydrogens (tertiary/aromatic N) is 2. The molecule has 4 unspecified atom stereocenters. The fraction of sp³-hybridized carbons (Fsp3) is 1.00. The number of hydrogen-bond donors (Lipinski definition) is 4. The number of nitrogens with two attached hydrogens (primary N) is 1. The Hall–Kier alpha value is -0.210. The molecule has 0 aromatic rings. The first-order chi connectivity index (χ1) is 9.77. The van der Waals surface area contributed by atoms with Gasteiger partial charge in [-0.1, -0.05) is 13.8 Å². The first-order valence-electron chi connectivity index (χ1n) is 7.92. The highest BCUT2D eigenvalue weighted by molar-refractivity contribution is 8.20. The monoisotopic (exact) mass is 319 g/mol. The summed E-state index contributed by atoms with van der Waals surface area (Å²) in [6.45, 7) is 4.33. The molecule has 21 heavy (non-hydrogen) atoms. The average Bonchev–Trinajstić information content (AvgIpc) is 2.38. The van der Waals surface area contributed by atoms with E-state index in [0.717, 1.165) is 18.8 Å². The van der Waals surface area contributed by atoms with Gasteiger partial charge in [0.05, 0.1) is 28.2 Å². The van der Waals surface area contributed by atoms with Gasteiger partial charge in [0.25, 0.3) is 0 Å². The summed E-state index contributed by atoms with van der Waals surface area (Å²) in [5.74, 6) is 1.04. The second kappa shape index (κ2) is 6.91. The zero-order chi connectivity index (χ0) is 15.6. The van der Waals surface area contributed by atoms with Crippen molar-refractivity contribution in [1.29, 1.82) is 0 Å². The molecule has 7 heteroatoms. The van der Waals surface area contributed by atoms with E-state index in [-0.39, 0.29) is 12.0 Å². The normalized spacial score (nSPS) is 43.1. The van der Waals surface area contributed by atoms with Crippen LogP contribution >= 0.6 is 10.9 Å². The van der Waals surface area contributed by atoms with Gasteiger partial charge in [-0.05, 0) is 50.4 Å². The van der Waals surface area contributed by atoms with Crippen molar-refractivity contribution >= 4 is 10.9 Å². The molecule has 124 valence electrons. The van der Waals surface area contributed by atoms with Gasteiger partial charge in [0, 0.05) is 6.04 Å². The van der Waals surface area contributed by atoms with Crippen molar-refractivity contribution in [2.24, 2.45) is 27.8 Å². The van der Waals surface area contributed by atoms with Gasteiger partial charge in [0.2, 0.25) is 0 Å². The SMILES string of the molecule is CC1CCC(N=NC2CC(S(O)(O)O)C(N)CC2C)CC1. The Morgan fingerprint density at radius 1 is 0.952 bits per heavy atom. The Bertz CT molecular complexity index is 367. The van der Waals surface area contributed by atoms with E-state index in [1.54, 1.807) is 0 Å². The molecule has 6 nitrogen and oxygen atoms in total. The molecule has 5 N–H and O–H groups in total. The maximum atomic E-state index is 9.51. The van der Waals surface area contributed by atoms with E-state index in [9.17, 15) is 13.7 Å². The van der Waals surface area contributed by atoms with Crippen LogP contribution < -0.4 is 5.73 Å². The van der Waals surface area contributed by atoms with Gasteiger partial charge < -0.3 is 19.4 Å². The van der Waals surface area contributed by atoms with Gasteiger partial charge in [-0.15, -0.1) is 0 Å². The minimum absolute atomic E-state index is 0.0764. The Balaban J connectivity index is 1.95. The molecule has 2 aliphatic carbocycles. The van der Waals surface area contributed by atoms with Gasteiger partial charge in [0.1, 0.15) is 0 Å². The Kier molecular flexibility index (Phi) is 5.65. The van der Waals surface area contributed by atoms with Crippen LogP contribution in [-0.2, 0) is 0 Å². The van der Waals surface area contributed by atoms with Gasteiger partial charge >= 0.3 is 0 Å². The fourth-order valence-electron chi connectivity index (χ4n) is 3.45. The third-order valence-corrected chi connectivity index (χ3v) is 6.38. The molecular weight excluding hydrogens is 290 g/mol. The van der Waals surface area contributed by atoms with Crippen molar-refractivity contribution in [3.05, 3.63) is 0 Å². The van der Waals surface area contributed by atoms with Crippen LogP contribution in [0, 0.1) is 11.8 Å². The molecule has 0 aliphatic heterocycles. The second-order valence-electron chi connectivity index (χ2n) is 6.92. The Morgan fingerprint density at radius 3 is 2.14 bits per heavy atom. The highest BCUT2D eigenvalue weighted by Gasteiger charge is 2.41. The summed E-state index contributed by atoms with van der Waals surface area (Å²) in [7, 11) is -3.61. The Labute approximate surface area is 128 Å². The van der Waals surface area contributed by atoms with Crippen molar-refractivity contribution in [3.63, 3.8) is 0 Å². The first-order valence-corrected chi connectivity index (χ1v) is 9.49. The Morgan fingerprint density at radius 2 is 1.57 bits per heavy atom. The standard InChI is InChI=1S/C14H29N3O3S/c1-9-3-5-11(6-4-9)16-17-13-8-14(21(18,19)20)12(15)7-10(13)2/h9-14,18-20H,3-8,15H2,1-2H3. The lowest BCUT2D eigenvalue weighted by Crippen LogP contribution is -2.47. The molecule has 2 saturated carbocycles. The van der Waals surface area contributed by atoms with Crippen LogP contribution in [0.5, 0.6) is 0 Å². The minimum atomic E-state index is -3.61. The molecule has 0 saturated heterocycles. The third kappa shape index (κ3) is 4.63. The van der Waals surface area contributed by atoms with E-state index < -0.39 is 22.2 Å². The zero-order valence-electron chi connectivity index (χ0n) is 12.9. The highest BCUT2D eigenvalue weighted by Crippen LogP contribution is 2.47. The lowest BCUT2D eigenvalue weighted by molar-refractivity contribution is 0.257. The smallest absolute Gasteiger partial charge is 0.0857 e. The van der Waals surface area contributed by atoms with Crippen LogP contribution in [-0.4, -0.2) is 37.0 Å². The van der Waals surface area contributed by atoms with Crippen LogP contribution in [0.2, 0.25) is 0 Å². The largest absolute Gasteiger partial charge is 0.327 e. The van der Waals surface area contributed by atoms with E-state index in [0.29, 0.717) is 18.9 Å². The molecule has 2 fully saturated rings. The van der Waals surface area contributed by atoms with Crippen molar-refractivity contribution in [1.82, 2.24) is 0 Å². The number of rotatable bonds is 3. The summed E-state index contributed by atoms with van der Waals surface area (Å²) in [6.07, 6.45) is 5.61. The van der Waals surface area contributed by atoms with Crippen LogP contribution in [0.1, 0.15) is 52.4 Å². The summed E-state index contributed by atoms with van der Waals surface area (Å²) in [5.41, 5.74) is 5.94. The van der Waals surface area contributed by atoms with Crippen molar-refractivity contribution in [2.45, 2.75) is 75.7 Å². The van der Waals surface area contributed by atoms with Crippen LogP contribution in [0.3, 0.4) is 0 Å². The summed E-state index contributed by atoms with van der Waals surface area (Å²) in [5, 5.41) is 8.25. The van der Waals surface area contributed by atoms with E-state index in [2.05, 4.69) is 24.1 Å². The topological polar surface area (TPSA) is 111 Å². The van der Waals surface area contributed by atoms with Crippen LogP contribution in [0.4, 0.5) is 0 Å². The van der Waals surface area contributed by atoms with Gasteiger partial charge in [-0.3, -0.25) is 0 Å². The lowest BCUT2D eigenvalue weighted by atomic mass is 9.83. The molecule has 0 bridgehead atoms. The number of hydrogen-bond acceptors (Lipinski definition) is 6. The third-order valence-electron chi connectivity index (χ3n) is 5.02. The fourth-order valence-corrected chi connectivity index (χ4v) is 4.48. The molecule has 4 atom stereocenters.